The van der Waals surface area contributed by atoms with Gasteiger partial charge in [-0.1, -0.05) is 6.07 Å². The van der Waals surface area contributed by atoms with E-state index in [1.165, 1.54) is 13.2 Å². The lowest BCUT2D eigenvalue weighted by Crippen LogP contribution is -2.32. The number of nitriles is 1. The number of hydrogen-bond acceptors (Lipinski definition) is 7. The fourth-order valence-electron chi connectivity index (χ4n) is 4.01. The third kappa shape index (κ3) is 5.74. The quantitative estimate of drug-likeness (QED) is 0.526. The minimum atomic E-state index is -1.53. The van der Waals surface area contributed by atoms with Crippen molar-refractivity contribution in [3.8, 4) is 17.6 Å². The van der Waals surface area contributed by atoms with Gasteiger partial charge in [-0.15, -0.1) is 0 Å². The van der Waals surface area contributed by atoms with Gasteiger partial charge in [0.25, 0.3) is 5.91 Å². The van der Waals surface area contributed by atoms with Crippen molar-refractivity contribution in [3.05, 3.63) is 82.3 Å². The molecule has 2 aromatic rings. The van der Waals surface area contributed by atoms with Crippen LogP contribution in [0.2, 0.25) is 0 Å². The summed E-state index contributed by atoms with van der Waals surface area (Å²) in [5, 5.41) is 12.0. The van der Waals surface area contributed by atoms with Gasteiger partial charge in [-0.25, -0.2) is 8.78 Å². The normalized spacial score (nSPS) is 18.1. The second-order valence-electron chi connectivity index (χ2n) is 8.75. The SMILES string of the molecule is CCOC(C(=O)NCc1ccc(C#N)cc1OC1=C[C@@H]2OC(C)(C)OC2=C1)c1c(F)cc(OC)cc1F. The molecule has 37 heavy (non-hydrogen) atoms. The van der Waals surface area contributed by atoms with E-state index in [0.29, 0.717) is 28.4 Å². The molecule has 4 rings (SSSR count). The molecule has 1 fully saturated rings. The van der Waals surface area contributed by atoms with Crippen LogP contribution >= 0.6 is 0 Å². The van der Waals surface area contributed by atoms with Gasteiger partial charge in [0.1, 0.15) is 40.8 Å². The summed E-state index contributed by atoms with van der Waals surface area (Å²) in [6.45, 7) is 5.20. The Balaban J connectivity index is 1.52. The van der Waals surface area contributed by atoms with Gasteiger partial charge in [0, 0.05) is 50.8 Å². The largest absolute Gasteiger partial charge is 0.497 e. The Hall–Kier alpha value is -3.94. The summed E-state index contributed by atoms with van der Waals surface area (Å²) >= 11 is 0. The molecule has 1 N–H and O–H groups in total. The minimum Gasteiger partial charge on any atom is -0.497 e. The Kier molecular flexibility index (Phi) is 7.47. The van der Waals surface area contributed by atoms with Gasteiger partial charge in [0.05, 0.1) is 24.3 Å². The Morgan fingerprint density at radius 2 is 1.97 bits per heavy atom. The standard InChI is InChI=1S/C27H26F2N2O6/c1-5-34-25(24-19(28)9-17(33-4)10-20(24)29)26(32)31-14-16-7-6-15(13-30)8-21(16)35-18-11-22-23(12-18)37-27(2,3)36-22/h6-12,22,25H,5,14H2,1-4H3,(H,31,32)/t22-,25?/m0/s1. The van der Waals surface area contributed by atoms with Crippen LogP contribution in [-0.2, 0) is 25.5 Å². The number of amides is 1. The second-order valence-corrected chi connectivity index (χ2v) is 8.75. The topological polar surface area (TPSA) is 99.0 Å². The van der Waals surface area contributed by atoms with Crippen LogP contribution in [0.25, 0.3) is 0 Å². The highest BCUT2D eigenvalue weighted by atomic mass is 19.1. The lowest BCUT2D eigenvalue weighted by Gasteiger charge is -2.20. The highest BCUT2D eigenvalue weighted by Gasteiger charge is 2.40. The van der Waals surface area contributed by atoms with Crippen LogP contribution < -0.4 is 14.8 Å². The molecule has 10 heteroatoms. The fraction of sp³-hybridized carbons (Fsp3) is 0.333. The summed E-state index contributed by atoms with van der Waals surface area (Å²) in [5.41, 5.74) is 0.352. The van der Waals surface area contributed by atoms with Crippen molar-refractivity contribution in [1.29, 1.82) is 5.26 Å². The van der Waals surface area contributed by atoms with E-state index >= 15 is 0 Å². The lowest BCUT2D eigenvalue weighted by molar-refractivity contribution is -0.133. The highest BCUT2D eigenvalue weighted by Crippen LogP contribution is 2.37. The smallest absolute Gasteiger partial charge is 0.254 e. The zero-order chi connectivity index (χ0) is 26.7. The zero-order valence-corrected chi connectivity index (χ0v) is 20.8. The third-order valence-electron chi connectivity index (χ3n) is 5.65. The molecule has 1 saturated heterocycles. The second kappa shape index (κ2) is 10.6. The molecule has 2 atom stereocenters. The molecule has 0 spiro atoms. The van der Waals surface area contributed by atoms with Crippen molar-refractivity contribution in [2.75, 3.05) is 13.7 Å². The number of hydrogen-bond donors (Lipinski definition) is 1. The van der Waals surface area contributed by atoms with Crippen LogP contribution in [0.1, 0.15) is 43.6 Å². The number of nitrogens with zero attached hydrogens (tertiary/aromatic N) is 1. The van der Waals surface area contributed by atoms with E-state index in [-0.39, 0.29) is 25.0 Å². The molecule has 0 saturated carbocycles. The van der Waals surface area contributed by atoms with E-state index in [1.54, 1.807) is 45.1 Å². The lowest BCUT2D eigenvalue weighted by atomic mass is 10.1. The summed E-state index contributed by atoms with van der Waals surface area (Å²) in [6, 6.07) is 8.74. The molecule has 1 amide bonds. The van der Waals surface area contributed by atoms with Crippen LogP contribution in [0.15, 0.2) is 54.0 Å². The van der Waals surface area contributed by atoms with Crippen LogP contribution in [0.4, 0.5) is 8.78 Å². The Labute approximate surface area is 213 Å². The summed E-state index contributed by atoms with van der Waals surface area (Å²) in [7, 11) is 1.28. The first-order valence-electron chi connectivity index (χ1n) is 11.6. The maximum Gasteiger partial charge on any atom is 0.254 e. The first-order chi connectivity index (χ1) is 17.6. The monoisotopic (exact) mass is 512 g/mol. The predicted octanol–water partition coefficient (Wildman–Crippen LogP) is 4.55. The van der Waals surface area contributed by atoms with Crippen molar-refractivity contribution in [3.63, 3.8) is 0 Å². The van der Waals surface area contributed by atoms with Crippen molar-refractivity contribution in [1.82, 2.24) is 5.32 Å². The Morgan fingerprint density at radius 1 is 1.24 bits per heavy atom. The van der Waals surface area contributed by atoms with E-state index in [9.17, 15) is 18.8 Å². The van der Waals surface area contributed by atoms with E-state index < -0.39 is 35.0 Å². The van der Waals surface area contributed by atoms with Crippen molar-refractivity contribution in [2.24, 2.45) is 0 Å². The predicted molar refractivity (Wildman–Crippen MR) is 127 cm³/mol. The van der Waals surface area contributed by atoms with Crippen LogP contribution in [-0.4, -0.2) is 31.5 Å². The molecular formula is C27H26F2N2O6. The van der Waals surface area contributed by atoms with Crippen LogP contribution in [0.3, 0.4) is 0 Å². The Bertz CT molecular complexity index is 1290. The van der Waals surface area contributed by atoms with Crippen LogP contribution in [0.5, 0.6) is 11.5 Å². The number of carbonyl (C=O) groups excluding carboxylic acids is 1. The maximum absolute atomic E-state index is 14.7. The molecule has 8 nitrogen and oxygen atoms in total. The molecule has 1 aliphatic heterocycles. The van der Waals surface area contributed by atoms with E-state index in [2.05, 4.69) is 5.32 Å². The third-order valence-corrected chi connectivity index (χ3v) is 5.65. The van der Waals surface area contributed by atoms with Gasteiger partial charge in [-0.05, 0) is 25.1 Å². The number of methoxy groups -OCH3 is 1. The molecule has 194 valence electrons. The van der Waals surface area contributed by atoms with Gasteiger partial charge in [0.2, 0.25) is 5.79 Å². The van der Waals surface area contributed by atoms with Gasteiger partial charge < -0.3 is 29.0 Å². The molecule has 0 radical (unpaired) electrons. The summed E-state index contributed by atoms with van der Waals surface area (Å²) < 4.78 is 57.1. The molecular weight excluding hydrogens is 486 g/mol. The van der Waals surface area contributed by atoms with Gasteiger partial charge in [0.15, 0.2) is 6.10 Å². The summed E-state index contributed by atoms with van der Waals surface area (Å²) in [6.07, 6.45) is 1.53. The van der Waals surface area contributed by atoms with Gasteiger partial charge in [-0.3, -0.25) is 4.79 Å². The van der Waals surface area contributed by atoms with E-state index in [4.69, 9.17) is 23.7 Å². The minimum absolute atomic E-state index is 0.0199. The average Bonchev–Trinajstić information content (AvgIpc) is 3.34. The number of carbonyl (C=O) groups is 1. The number of fused-ring (bicyclic) bond motifs is 1. The van der Waals surface area contributed by atoms with Crippen molar-refractivity contribution < 1.29 is 37.3 Å². The van der Waals surface area contributed by atoms with E-state index in [0.717, 1.165) is 12.1 Å². The Morgan fingerprint density at radius 3 is 2.59 bits per heavy atom. The number of ether oxygens (including phenoxy) is 5. The first-order valence-corrected chi connectivity index (χ1v) is 11.6. The number of rotatable bonds is 9. The molecule has 2 aliphatic rings. The summed E-state index contributed by atoms with van der Waals surface area (Å²) in [5.74, 6) is -2.07. The molecule has 2 aromatic carbocycles. The maximum atomic E-state index is 14.7. The molecule has 1 heterocycles. The zero-order valence-electron chi connectivity index (χ0n) is 20.8. The molecule has 0 aromatic heterocycles. The summed E-state index contributed by atoms with van der Waals surface area (Å²) in [4.78, 5) is 13.0. The number of halogens is 2. The van der Waals surface area contributed by atoms with E-state index in [1.807, 2.05) is 6.07 Å². The molecule has 1 unspecified atom stereocenters. The molecule has 0 bridgehead atoms. The number of benzene rings is 2. The number of nitrogens with one attached hydrogen (secondary N) is 1. The number of allylic oxidation sites excluding steroid dienone is 1. The van der Waals surface area contributed by atoms with Crippen LogP contribution in [0, 0.1) is 23.0 Å². The van der Waals surface area contributed by atoms with Gasteiger partial charge >= 0.3 is 0 Å². The van der Waals surface area contributed by atoms with Gasteiger partial charge in [-0.2, -0.15) is 5.26 Å². The fourth-order valence-corrected chi connectivity index (χ4v) is 4.01. The van der Waals surface area contributed by atoms with Crippen molar-refractivity contribution >= 4 is 5.91 Å². The first kappa shape index (κ1) is 26.1. The van der Waals surface area contributed by atoms with Crippen molar-refractivity contribution in [2.45, 2.75) is 45.3 Å². The highest BCUT2D eigenvalue weighted by molar-refractivity contribution is 5.82. The molecule has 1 aliphatic carbocycles. The average molecular weight is 513 g/mol.